The van der Waals surface area contributed by atoms with Crippen molar-refractivity contribution in [1.82, 2.24) is 0 Å². The molecule has 1 aromatic carbocycles. The first-order valence-electron chi connectivity index (χ1n) is 10.2. The van der Waals surface area contributed by atoms with Gasteiger partial charge >= 0.3 is 0 Å². The maximum absolute atomic E-state index is 2.44. The quantitative estimate of drug-likeness (QED) is 0.569. The molecule has 3 rings (SSSR count). The van der Waals surface area contributed by atoms with Crippen LogP contribution in [-0.2, 0) is 6.42 Å². The fourth-order valence-electron chi connectivity index (χ4n) is 5.19. The second kappa shape index (κ2) is 7.86. The highest BCUT2D eigenvalue weighted by Gasteiger charge is 2.29. The summed E-state index contributed by atoms with van der Waals surface area (Å²) in [5.41, 5.74) is 4.47. The van der Waals surface area contributed by atoms with Crippen molar-refractivity contribution in [2.45, 2.75) is 85.0 Å². The number of aryl methyl sites for hydroxylation is 3. The first-order valence-corrected chi connectivity index (χ1v) is 10.2. The minimum Gasteiger partial charge on any atom is -0.0625 e. The fourth-order valence-corrected chi connectivity index (χ4v) is 5.19. The van der Waals surface area contributed by atoms with Gasteiger partial charge in [0.05, 0.1) is 0 Å². The molecule has 0 amide bonds. The van der Waals surface area contributed by atoms with Crippen LogP contribution < -0.4 is 0 Å². The largest absolute Gasteiger partial charge is 0.0625 e. The maximum atomic E-state index is 2.44. The lowest BCUT2D eigenvalue weighted by Crippen LogP contribution is -2.25. The second-order valence-corrected chi connectivity index (χ2v) is 8.77. The molecule has 2 aliphatic carbocycles. The molecule has 0 atom stereocenters. The Labute approximate surface area is 144 Å². The molecule has 2 saturated carbocycles. The molecule has 0 aromatic heterocycles. The van der Waals surface area contributed by atoms with Gasteiger partial charge in [-0.15, -0.1) is 0 Å². The summed E-state index contributed by atoms with van der Waals surface area (Å²) in [5.74, 6) is 4.14. The van der Waals surface area contributed by atoms with Crippen LogP contribution in [0.4, 0.5) is 0 Å². The van der Waals surface area contributed by atoms with Crippen LogP contribution in [0.2, 0.25) is 0 Å². The minimum atomic E-state index is 0.995. The van der Waals surface area contributed by atoms with Gasteiger partial charge < -0.3 is 0 Å². The molecule has 128 valence electrons. The zero-order valence-electron chi connectivity index (χ0n) is 15.6. The molecule has 0 radical (unpaired) electrons. The Bertz CT molecular complexity index is 485. The Kier molecular flexibility index (Phi) is 5.83. The SMILES string of the molecule is Cc1ccc(CCC2CCC(C3CCC(C)CC3)CC2)c(C)c1. The van der Waals surface area contributed by atoms with E-state index in [1.807, 2.05) is 0 Å². The third kappa shape index (κ3) is 4.61. The van der Waals surface area contributed by atoms with E-state index in [2.05, 4.69) is 39.0 Å². The van der Waals surface area contributed by atoms with Crippen molar-refractivity contribution in [3.8, 4) is 0 Å². The molecule has 23 heavy (non-hydrogen) atoms. The summed E-state index contributed by atoms with van der Waals surface area (Å²) in [4.78, 5) is 0. The van der Waals surface area contributed by atoms with Crippen LogP contribution in [0.15, 0.2) is 18.2 Å². The van der Waals surface area contributed by atoms with Gasteiger partial charge in [0, 0.05) is 0 Å². The second-order valence-electron chi connectivity index (χ2n) is 8.77. The summed E-state index contributed by atoms with van der Waals surface area (Å²) in [7, 11) is 0. The predicted octanol–water partition coefficient (Wildman–Crippen LogP) is 6.87. The molecule has 0 bridgehead atoms. The Morgan fingerprint density at radius 1 is 0.826 bits per heavy atom. The van der Waals surface area contributed by atoms with Crippen molar-refractivity contribution in [3.63, 3.8) is 0 Å². The molecule has 0 unspecified atom stereocenters. The molecule has 0 heteroatoms. The zero-order valence-corrected chi connectivity index (χ0v) is 15.6. The molecule has 2 fully saturated rings. The molecule has 2 aliphatic rings. The molecular weight excluding hydrogens is 276 g/mol. The zero-order chi connectivity index (χ0) is 16.2. The summed E-state index contributed by atoms with van der Waals surface area (Å²) in [6.45, 7) is 6.92. The van der Waals surface area contributed by atoms with Gasteiger partial charge in [0.25, 0.3) is 0 Å². The summed E-state index contributed by atoms with van der Waals surface area (Å²) in [5, 5.41) is 0. The summed E-state index contributed by atoms with van der Waals surface area (Å²) >= 11 is 0. The van der Waals surface area contributed by atoms with Crippen LogP contribution in [0.25, 0.3) is 0 Å². The van der Waals surface area contributed by atoms with Gasteiger partial charge in [-0.2, -0.15) is 0 Å². The van der Waals surface area contributed by atoms with Gasteiger partial charge in [-0.25, -0.2) is 0 Å². The highest BCUT2D eigenvalue weighted by molar-refractivity contribution is 5.30. The van der Waals surface area contributed by atoms with Crippen molar-refractivity contribution in [1.29, 1.82) is 0 Å². The molecule has 0 heterocycles. The lowest BCUT2D eigenvalue weighted by Gasteiger charge is -2.37. The molecule has 0 saturated heterocycles. The predicted molar refractivity (Wildman–Crippen MR) is 101 cm³/mol. The summed E-state index contributed by atoms with van der Waals surface area (Å²) in [6, 6.07) is 6.99. The average molecular weight is 313 g/mol. The first kappa shape index (κ1) is 17.1. The number of rotatable bonds is 4. The molecule has 1 aromatic rings. The monoisotopic (exact) mass is 312 g/mol. The van der Waals surface area contributed by atoms with Crippen LogP contribution in [0, 0.1) is 37.5 Å². The van der Waals surface area contributed by atoms with E-state index in [1.165, 1.54) is 75.3 Å². The topological polar surface area (TPSA) is 0 Å². The summed E-state index contributed by atoms with van der Waals surface area (Å²) in [6.07, 6.45) is 14.8. The van der Waals surface area contributed by atoms with E-state index in [4.69, 9.17) is 0 Å². The standard InChI is InChI=1S/C23H36/c1-17-4-11-22(12-5-17)23-14-8-20(9-15-23)7-13-21-10-6-18(2)16-19(21)3/h6,10,16-17,20,22-23H,4-5,7-9,11-15H2,1-3H3. The maximum Gasteiger partial charge on any atom is -0.0274 e. The lowest BCUT2D eigenvalue weighted by molar-refractivity contribution is 0.148. The van der Waals surface area contributed by atoms with E-state index in [0.717, 1.165) is 23.7 Å². The highest BCUT2D eigenvalue weighted by Crippen LogP contribution is 2.42. The van der Waals surface area contributed by atoms with Gasteiger partial charge in [0.2, 0.25) is 0 Å². The van der Waals surface area contributed by atoms with Gasteiger partial charge in [0.15, 0.2) is 0 Å². The summed E-state index contributed by atoms with van der Waals surface area (Å²) < 4.78 is 0. The lowest BCUT2D eigenvalue weighted by atomic mass is 9.69. The van der Waals surface area contributed by atoms with E-state index in [1.54, 1.807) is 5.56 Å². The van der Waals surface area contributed by atoms with E-state index < -0.39 is 0 Å². The Morgan fingerprint density at radius 2 is 1.43 bits per heavy atom. The smallest absolute Gasteiger partial charge is 0.0274 e. The van der Waals surface area contributed by atoms with Gasteiger partial charge in [0.1, 0.15) is 0 Å². The van der Waals surface area contributed by atoms with Gasteiger partial charge in [-0.3, -0.25) is 0 Å². The Balaban J connectivity index is 1.42. The van der Waals surface area contributed by atoms with Crippen LogP contribution in [0.5, 0.6) is 0 Å². The molecule has 0 aliphatic heterocycles. The molecule has 0 spiro atoms. The van der Waals surface area contributed by atoms with Crippen LogP contribution >= 0.6 is 0 Å². The van der Waals surface area contributed by atoms with Crippen molar-refractivity contribution in [2.75, 3.05) is 0 Å². The normalized spacial score (nSPS) is 32.0. The minimum absolute atomic E-state index is 0.995. The van der Waals surface area contributed by atoms with Crippen molar-refractivity contribution < 1.29 is 0 Å². The Hall–Kier alpha value is -0.780. The first-order chi connectivity index (χ1) is 11.1. The molecule has 0 nitrogen and oxygen atoms in total. The van der Waals surface area contributed by atoms with E-state index >= 15 is 0 Å². The fraction of sp³-hybridized carbons (Fsp3) is 0.739. The molecular formula is C23H36. The van der Waals surface area contributed by atoms with Gasteiger partial charge in [-0.1, -0.05) is 56.4 Å². The highest BCUT2D eigenvalue weighted by atomic mass is 14.3. The van der Waals surface area contributed by atoms with Gasteiger partial charge in [-0.05, 0) is 87.2 Å². The third-order valence-electron chi connectivity index (χ3n) is 6.94. The molecule has 0 N–H and O–H groups in total. The van der Waals surface area contributed by atoms with Crippen LogP contribution in [0.1, 0.15) is 81.4 Å². The van der Waals surface area contributed by atoms with E-state index in [-0.39, 0.29) is 0 Å². The van der Waals surface area contributed by atoms with E-state index in [9.17, 15) is 0 Å². The van der Waals surface area contributed by atoms with Crippen LogP contribution in [-0.4, -0.2) is 0 Å². The number of hydrogen-bond acceptors (Lipinski definition) is 0. The third-order valence-corrected chi connectivity index (χ3v) is 6.94. The average Bonchev–Trinajstić information content (AvgIpc) is 2.55. The van der Waals surface area contributed by atoms with Crippen molar-refractivity contribution in [3.05, 3.63) is 34.9 Å². The number of hydrogen-bond donors (Lipinski definition) is 0. The van der Waals surface area contributed by atoms with Crippen molar-refractivity contribution >= 4 is 0 Å². The Morgan fingerprint density at radius 3 is 2.04 bits per heavy atom. The number of benzene rings is 1. The van der Waals surface area contributed by atoms with Crippen LogP contribution in [0.3, 0.4) is 0 Å². The van der Waals surface area contributed by atoms with E-state index in [0.29, 0.717) is 0 Å². The van der Waals surface area contributed by atoms with Crippen molar-refractivity contribution in [2.24, 2.45) is 23.7 Å².